The van der Waals surface area contributed by atoms with E-state index in [1.807, 2.05) is 0 Å². The van der Waals surface area contributed by atoms with Gasteiger partial charge in [0.2, 0.25) is 0 Å². The molecule has 0 amide bonds. The molecule has 2 heterocycles. The van der Waals surface area contributed by atoms with Crippen LogP contribution in [-0.4, -0.2) is 9.38 Å². The number of imidazole rings is 1. The Morgan fingerprint density at radius 3 is 1.88 bits per heavy atom. The first-order valence-electron chi connectivity index (χ1n) is 19.7. The third-order valence-electron chi connectivity index (χ3n) is 12.2. The summed E-state index contributed by atoms with van der Waals surface area (Å²) in [5.74, 6) is 0. The third-order valence-corrected chi connectivity index (χ3v) is 15.4. The molecule has 268 valence electrons. The average molecular weight is 747 g/mol. The van der Waals surface area contributed by atoms with E-state index in [-0.39, 0.29) is 0 Å². The molecule has 57 heavy (non-hydrogen) atoms. The molecular formula is C53H35N2OP. The first-order valence-corrected chi connectivity index (χ1v) is 21.4. The molecule has 0 bridgehead atoms. The molecule has 0 radical (unpaired) electrons. The maximum Gasteiger partial charge on any atom is 0.167 e. The Labute approximate surface area is 329 Å². The number of allylic oxidation sites excluding steroid dienone is 4. The zero-order valence-electron chi connectivity index (χ0n) is 31.1. The molecule has 1 atom stereocenters. The molecule has 1 aliphatic rings. The van der Waals surface area contributed by atoms with Crippen LogP contribution in [-0.2, 0) is 4.57 Å². The van der Waals surface area contributed by atoms with E-state index in [0.717, 1.165) is 77.9 Å². The minimum Gasteiger partial charge on any atom is -0.309 e. The van der Waals surface area contributed by atoms with E-state index < -0.39 is 7.14 Å². The molecule has 1 unspecified atom stereocenters. The van der Waals surface area contributed by atoms with Gasteiger partial charge in [-0.2, -0.15) is 0 Å². The van der Waals surface area contributed by atoms with Crippen molar-refractivity contribution in [2.45, 2.75) is 12.8 Å². The lowest BCUT2D eigenvalue weighted by atomic mass is 9.95. The normalized spacial score (nSPS) is 14.4. The van der Waals surface area contributed by atoms with Crippen LogP contribution in [0.2, 0.25) is 0 Å². The Bertz CT molecular complexity index is 3630. The number of aromatic nitrogens is 2. The van der Waals surface area contributed by atoms with Crippen molar-refractivity contribution in [2.24, 2.45) is 0 Å². The van der Waals surface area contributed by atoms with Gasteiger partial charge in [0.25, 0.3) is 0 Å². The Morgan fingerprint density at radius 1 is 0.474 bits per heavy atom. The number of pyridine rings is 1. The van der Waals surface area contributed by atoms with Crippen LogP contribution in [0.1, 0.15) is 12.8 Å². The summed E-state index contributed by atoms with van der Waals surface area (Å²) in [6, 6.07) is 60.9. The summed E-state index contributed by atoms with van der Waals surface area (Å²) in [7, 11) is -3.09. The van der Waals surface area contributed by atoms with Crippen LogP contribution in [0.5, 0.6) is 0 Å². The second-order valence-corrected chi connectivity index (χ2v) is 18.2. The molecule has 1 aliphatic carbocycles. The summed E-state index contributed by atoms with van der Waals surface area (Å²) < 4.78 is 17.9. The second kappa shape index (κ2) is 12.4. The van der Waals surface area contributed by atoms with E-state index >= 15 is 4.57 Å². The highest BCUT2D eigenvalue weighted by atomic mass is 31.2. The van der Waals surface area contributed by atoms with Crippen molar-refractivity contribution in [3.8, 4) is 11.1 Å². The number of benzene rings is 9. The van der Waals surface area contributed by atoms with E-state index in [1.165, 1.54) is 43.4 Å². The summed E-state index contributed by atoms with van der Waals surface area (Å²) in [6.07, 6.45) is 8.02. The van der Waals surface area contributed by atoms with Gasteiger partial charge in [-0.15, -0.1) is 0 Å². The van der Waals surface area contributed by atoms with E-state index in [2.05, 4.69) is 192 Å². The molecule has 12 rings (SSSR count). The standard InChI is InChI=1S/C53H35N2OP/c56-57(42-14-2-1-3-15-42,43-23-20-34-10-4-5-11-35(34)29-43)44-24-26-46-41(30-44)19-18-40-28-38(21-25-45(40)46)39-22-27-51-48(32-39)47-31-36-12-6-7-13-37(36)33-49(47)53-54-50-16-8-9-17-52(50)55(51)53/h1-2,4-14,16-33H,3,15H2. The predicted molar refractivity (Wildman–Crippen MR) is 243 cm³/mol. The van der Waals surface area contributed by atoms with Crippen molar-refractivity contribution in [2.75, 3.05) is 0 Å². The Hall–Kier alpha value is -6.80. The fourth-order valence-electron chi connectivity index (χ4n) is 9.36. The number of rotatable bonds is 4. The van der Waals surface area contributed by atoms with E-state index in [4.69, 9.17) is 4.98 Å². The van der Waals surface area contributed by atoms with Gasteiger partial charge in [0.15, 0.2) is 7.14 Å². The monoisotopic (exact) mass is 746 g/mol. The van der Waals surface area contributed by atoms with Crippen LogP contribution in [0.3, 0.4) is 0 Å². The van der Waals surface area contributed by atoms with E-state index in [1.54, 1.807) is 0 Å². The molecule has 11 aromatic rings. The van der Waals surface area contributed by atoms with Crippen molar-refractivity contribution in [1.82, 2.24) is 9.38 Å². The number of hydrogen-bond donors (Lipinski definition) is 0. The van der Waals surface area contributed by atoms with E-state index in [0.29, 0.717) is 0 Å². The van der Waals surface area contributed by atoms with E-state index in [9.17, 15) is 0 Å². The summed E-state index contributed by atoms with van der Waals surface area (Å²) in [5.41, 5.74) is 6.58. The SMILES string of the molecule is O=P(C1=CC=CCC1)(c1ccc2ccccc2c1)c1ccc2c(ccc3cc(-c4ccc5c(c4)c4cc6ccccc6cc4c4nc6ccccc6n54)ccc32)c1. The van der Waals surface area contributed by atoms with Crippen molar-refractivity contribution >= 4 is 99.2 Å². The summed E-state index contributed by atoms with van der Waals surface area (Å²) >= 11 is 0. The molecule has 9 aromatic carbocycles. The summed E-state index contributed by atoms with van der Waals surface area (Å²) in [6.45, 7) is 0. The summed E-state index contributed by atoms with van der Waals surface area (Å²) in [5, 5.41) is 15.7. The smallest absolute Gasteiger partial charge is 0.167 e. The zero-order chi connectivity index (χ0) is 37.7. The Balaban J connectivity index is 1.00. The third kappa shape index (κ3) is 4.92. The molecule has 0 spiro atoms. The summed E-state index contributed by atoms with van der Waals surface area (Å²) in [4.78, 5) is 5.15. The van der Waals surface area contributed by atoms with Crippen LogP contribution in [0.4, 0.5) is 0 Å². The molecule has 0 saturated carbocycles. The molecular weight excluding hydrogens is 712 g/mol. The second-order valence-electron chi connectivity index (χ2n) is 15.4. The Morgan fingerprint density at radius 2 is 1.09 bits per heavy atom. The topological polar surface area (TPSA) is 34.4 Å². The number of nitrogens with zero attached hydrogens (tertiary/aromatic N) is 2. The maximum atomic E-state index is 15.6. The van der Waals surface area contributed by atoms with Gasteiger partial charge in [0.1, 0.15) is 5.65 Å². The van der Waals surface area contributed by atoms with Gasteiger partial charge in [0.05, 0.1) is 16.6 Å². The largest absolute Gasteiger partial charge is 0.309 e. The first-order chi connectivity index (χ1) is 28.1. The molecule has 0 N–H and O–H groups in total. The van der Waals surface area contributed by atoms with Crippen molar-refractivity contribution in [3.63, 3.8) is 0 Å². The van der Waals surface area contributed by atoms with Crippen LogP contribution in [0.25, 0.3) is 92.6 Å². The van der Waals surface area contributed by atoms with Crippen LogP contribution >= 0.6 is 7.14 Å². The highest BCUT2D eigenvalue weighted by Crippen LogP contribution is 2.55. The minimum atomic E-state index is -3.09. The van der Waals surface area contributed by atoms with Gasteiger partial charge in [-0.3, -0.25) is 4.40 Å². The average Bonchev–Trinajstić information content (AvgIpc) is 3.68. The van der Waals surface area contributed by atoms with Gasteiger partial charge in [-0.25, -0.2) is 4.98 Å². The lowest BCUT2D eigenvalue weighted by Gasteiger charge is -2.24. The number of para-hydroxylation sites is 2. The highest BCUT2D eigenvalue weighted by Gasteiger charge is 2.32. The highest BCUT2D eigenvalue weighted by molar-refractivity contribution is 7.82. The molecule has 0 fully saturated rings. The minimum absolute atomic E-state index is 0.796. The molecule has 2 aromatic heterocycles. The molecule has 3 nitrogen and oxygen atoms in total. The Kier molecular flexibility index (Phi) is 7.03. The lowest BCUT2D eigenvalue weighted by Crippen LogP contribution is -2.18. The molecule has 0 saturated heterocycles. The number of hydrogen-bond acceptors (Lipinski definition) is 2. The van der Waals surface area contributed by atoms with Crippen molar-refractivity contribution in [1.29, 1.82) is 0 Å². The van der Waals surface area contributed by atoms with Gasteiger partial charge in [-0.05, 0) is 132 Å². The van der Waals surface area contributed by atoms with Gasteiger partial charge < -0.3 is 4.57 Å². The van der Waals surface area contributed by atoms with Crippen LogP contribution in [0.15, 0.2) is 193 Å². The lowest BCUT2D eigenvalue weighted by molar-refractivity contribution is 0.589. The molecule has 0 aliphatic heterocycles. The van der Waals surface area contributed by atoms with Gasteiger partial charge >= 0.3 is 0 Å². The quantitative estimate of drug-likeness (QED) is 0.102. The molecule has 4 heteroatoms. The van der Waals surface area contributed by atoms with Gasteiger partial charge in [0, 0.05) is 21.4 Å². The van der Waals surface area contributed by atoms with Crippen molar-refractivity contribution < 1.29 is 4.57 Å². The van der Waals surface area contributed by atoms with Crippen LogP contribution in [0, 0.1) is 0 Å². The van der Waals surface area contributed by atoms with Gasteiger partial charge in [-0.1, -0.05) is 133 Å². The fourth-order valence-corrected chi connectivity index (χ4v) is 12.3. The zero-order valence-corrected chi connectivity index (χ0v) is 32.0. The first kappa shape index (κ1) is 32.4. The predicted octanol–water partition coefficient (Wildman–Crippen LogP) is 13.6. The number of fused-ring (bicyclic) bond motifs is 13. The van der Waals surface area contributed by atoms with Crippen LogP contribution < -0.4 is 10.6 Å². The maximum absolute atomic E-state index is 15.6. The van der Waals surface area contributed by atoms with Crippen molar-refractivity contribution in [3.05, 3.63) is 193 Å². The fraction of sp³-hybridized carbons (Fsp3) is 0.0377.